The van der Waals surface area contributed by atoms with Crippen molar-refractivity contribution in [2.75, 3.05) is 18.2 Å². The molecule has 1 heterocycles. The number of imidazole rings is 1. The molecule has 0 atom stereocenters. The first-order valence-corrected chi connectivity index (χ1v) is 10.3. The molecule has 1 aromatic heterocycles. The molecule has 0 fully saturated rings. The van der Waals surface area contributed by atoms with E-state index in [9.17, 15) is 13.2 Å². The zero-order valence-electron chi connectivity index (χ0n) is 15.0. The number of para-hydroxylation sites is 2. The van der Waals surface area contributed by atoms with E-state index in [1.807, 2.05) is 55.5 Å². The maximum absolute atomic E-state index is 12.8. The topological polar surface area (TPSA) is 72.3 Å². The Balaban J connectivity index is 1.96. The van der Waals surface area contributed by atoms with E-state index in [4.69, 9.17) is 0 Å². The standard InChI is InChI=1S/C19H21N3O3S/c1-14-7-6-8-15(11-14)21(2)19(23)12-22-17-10-5-4-9-16(17)20-18(22)13-26(3,24)25/h4-11H,12-13H2,1-3H3. The Labute approximate surface area is 153 Å². The highest BCUT2D eigenvalue weighted by molar-refractivity contribution is 7.89. The number of benzene rings is 2. The van der Waals surface area contributed by atoms with E-state index in [0.717, 1.165) is 23.0 Å². The molecule has 3 aromatic rings. The van der Waals surface area contributed by atoms with Gasteiger partial charge in [0, 0.05) is 19.0 Å². The molecule has 0 radical (unpaired) electrons. The summed E-state index contributed by atoms with van der Waals surface area (Å²) in [7, 11) is -1.55. The molecule has 0 saturated heterocycles. The van der Waals surface area contributed by atoms with Gasteiger partial charge in [-0.15, -0.1) is 0 Å². The second-order valence-corrected chi connectivity index (χ2v) is 8.60. The first-order chi connectivity index (χ1) is 12.2. The molecule has 3 rings (SSSR count). The van der Waals surface area contributed by atoms with Crippen LogP contribution >= 0.6 is 0 Å². The van der Waals surface area contributed by atoms with Crippen LogP contribution < -0.4 is 4.90 Å². The maximum atomic E-state index is 12.8. The molecule has 0 aliphatic heterocycles. The Morgan fingerprint density at radius 1 is 1.15 bits per heavy atom. The average Bonchev–Trinajstić information content (AvgIpc) is 2.89. The summed E-state index contributed by atoms with van der Waals surface area (Å²) in [6.45, 7) is 1.99. The fraction of sp³-hybridized carbons (Fsp3) is 0.263. The van der Waals surface area contributed by atoms with E-state index in [1.165, 1.54) is 0 Å². The van der Waals surface area contributed by atoms with Gasteiger partial charge in [0.15, 0.2) is 9.84 Å². The number of likely N-dealkylation sites (N-methyl/N-ethyl adjacent to an activating group) is 1. The Bertz CT molecular complexity index is 1070. The van der Waals surface area contributed by atoms with Crippen molar-refractivity contribution in [1.29, 1.82) is 0 Å². The van der Waals surface area contributed by atoms with Crippen LogP contribution in [0, 0.1) is 6.92 Å². The van der Waals surface area contributed by atoms with Crippen molar-refractivity contribution in [1.82, 2.24) is 9.55 Å². The maximum Gasteiger partial charge on any atom is 0.246 e. The zero-order chi connectivity index (χ0) is 18.9. The van der Waals surface area contributed by atoms with Crippen LogP contribution in [0.2, 0.25) is 0 Å². The highest BCUT2D eigenvalue weighted by atomic mass is 32.2. The SMILES string of the molecule is Cc1cccc(N(C)C(=O)Cn2c(CS(C)(=O)=O)nc3ccccc32)c1. The van der Waals surface area contributed by atoms with Crippen LogP contribution in [0.15, 0.2) is 48.5 Å². The minimum Gasteiger partial charge on any atom is -0.318 e. The van der Waals surface area contributed by atoms with Gasteiger partial charge in [-0.2, -0.15) is 0 Å². The van der Waals surface area contributed by atoms with Gasteiger partial charge in [0.25, 0.3) is 0 Å². The molecule has 0 spiro atoms. The molecule has 0 aliphatic carbocycles. The molecule has 0 bridgehead atoms. The molecule has 26 heavy (non-hydrogen) atoms. The lowest BCUT2D eigenvalue weighted by Gasteiger charge is -2.19. The Morgan fingerprint density at radius 2 is 1.88 bits per heavy atom. The number of aromatic nitrogens is 2. The Kier molecular flexibility index (Phi) is 4.82. The van der Waals surface area contributed by atoms with Crippen molar-refractivity contribution < 1.29 is 13.2 Å². The first-order valence-electron chi connectivity index (χ1n) is 8.20. The lowest BCUT2D eigenvalue weighted by Crippen LogP contribution is -2.30. The summed E-state index contributed by atoms with van der Waals surface area (Å²) in [5.74, 6) is 0.0246. The van der Waals surface area contributed by atoms with Gasteiger partial charge in [0.05, 0.1) is 11.0 Å². The van der Waals surface area contributed by atoms with Gasteiger partial charge in [-0.1, -0.05) is 24.3 Å². The number of anilines is 1. The fourth-order valence-corrected chi connectivity index (χ4v) is 3.56. The minimum absolute atomic E-state index is 0.0236. The molecule has 136 valence electrons. The molecule has 6 nitrogen and oxygen atoms in total. The number of hydrogen-bond acceptors (Lipinski definition) is 4. The van der Waals surface area contributed by atoms with Crippen molar-refractivity contribution in [3.8, 4) is 0 Å². The van der Waals surface area contributed by atoms with E-state index in [-0.39, 0.29) is 18.2 Å². The molecule has 0 saturated carbocycles. The molecule has 0 aliphatic rings. The third kappa shape index (κ3) is 3.94. The number of fused-ring (bicyclic) bond motifs is 1. The largest absolute Gasteiger partial charge is 0.318 e. The molecule has 2 aromatic carbocycles. The van der Waals surface area contributed by atoms with E-state index in [1.54, 1.807) is 16.5 Å². The average molecular weight is 371 g/mol. The van der Waals surface area contributed by atoms with E-state index in [0.29, 0.717) is 11.3 Å². The van der Waals surface area contributed by atoms with Gasteiger partial charge in [0.2, 0.25) is 5.91 Å². The summed E-state index contributed by atoms with van der Waals surface area (Å²) in [6, 6.07) is 15.0. The number of rotatable bonds is 5. The quantitative estimate of drug-likeness (QED) is 0.691. The van der Waals surface area contributed by atoms with Crippen molar-refractivity contribution in [2.24, 2.45) is 0 Å². The molecule has 7 heteroatoms. The minimum atomic E-state index is -3.27. The first kappa shape index (κ1) is 18.1. The molecular formula is C19H21N3O3S. The van der Waals surface area contributed by atoms with Crippen molar-refractivity contribution in [3.63, 3.8) is 0 Å². The van der Waals surface area contributed by atoms with Crippen LogP contribution in [-0.2, 0) is 26.9 Å². The van der Waals surface area contributed by atoms with Crippen LogP contribution in [0.1, 0.15) is 11.4 Å². The predicted molar refractivity (Wildman–Crippen MR) is 103 cm³/mol. The molecule has 0 N–H and O–H groups in total. The third-order valence-corrected chi connectivity index (χ3v) is 4.96. The fourth-order valence-electron chi connectivity index (χ4n) is 2.87. The normalized spacial score (nSPS) is 11.7. The van der Waals surface area contributed by atoms with Gasteiger partial charge in [-0.25, -0.2) is 13.4 Å². The van der Waals surface area contributed by atoms with Gasteiger partial charge < -0.3 is 9.47 Å². The van der Waals surface area contributed by atoms with E-state index in [2.05, 4.69) is 4.98 Å². The van der Waals surface area contributed by atoms with Crippen LogP contribution in [0.3, 0.4) is 0 Å². The van der Waals surface area contributed by atoms with E-state index >= 15 is 0 Å². The molecule has 0 unspecified atom stereocenters. The summed E-state index contributed by atoms with van der Waals surface area (Å²) < 4.78 is 25.2. The lowest BCUT2D eigenvalue weighted by molar-refractivity contribution is -0.118. The predicted octanol–water partition coefficient (Wildman–Crippen LogP) is 2.55. The summed E-state index contributed by atoms with van der Waals surface area (Å²) in [6.07, 6.45) is 1.16. The second-order valence-electron chi connectivity index (χ2n) is 6.46. The molecular weight excluding hydrogens is 350 g/mol. The highest BCUT2D eigenvalue weighted by Gasteiger charge is 2.19. The van der Waals surface area contributed by atoms with Gasteiger partial charge in [0.1, 0.15) is 18.1 Å². The zero-order valence-corrected chi connectivity index (χ0v) is 15.8. The monoisotopic (exact) mass is 371 g/mol. The van der Waals surface area contributed by atoms with Crippen molar-refractivity contribution in [3.05, 3.63) is 59.9 Å². The number of hydrogen-bond donors (Lipinski definition) is 0. The summed E-state index contributed by atoms with van der Waals surface area (Å²) in [5.41, 5.74) is 3.28. The van der Waals surface area contributed by atoms with Crippen LogP contribution in [0.5, 0.6) is 0 Å². The second kappa shape index (κ2) is 6.92. The van der Waals surface area contributed by atoms with Crippen LogP contribution in [-0.4, -0.2) is 37.2 Å². The number of aryl methyl sites for hydroxylation is 1. The summed E-state index contributed by atoms with van der Waals surface area (Å²) >= 11 is 0. The van der Waals surface area contributed by atoms with Crippen LogP contribution in [0.25, 0.3) is 11.0 Å². The van der Waals surface area contributed by atoms with Gasteiger partial charge in [-0.05, 0) is 36.8 Å². The highest BCUT2D eigenvalue weighted by Crippen LogP contribution is 2.20. The van der Waals surface area contributed by atoms with Gasteiger partial charge >= 0.3 is 0 Å². The Morgan fingerprint density at radius 3 is 2.58 bits per heavy atom. The van der Waals surface area contributed by atoms with Crippen molar-refractivity contribution >= 4 is 32.5 Å². The Hall–Kier alpha value is -2.67. The molecule has 1 amide bonds. The summed E-state index contributed by atoms with van der Waals surface area (Å²) in [4.78, 5) is 18.8. The number of amides is 1. The van der Waals surface area contributed by atoms with Gasteiger partial charge in [-0.3, -0.25) is 4.79 Å². The third-order valence-electron chi connectivity index (χ3n) is 4.18. The smallest absolute Gasteiger partial charge is 0.246 e. The summed E-state index contributed by atoms with van der Waals surface area (Å²) in [5, 5.41) is 0. The van der Waals surface area contributed by atoms with Crippen LogP contribution in [0.4, 0.5) is 5.69 Å². The number of nitrogens with zero attached hydrogens (tertiary/aromatic N) is 3. The lowest BCUT2D eigenvalue weighted by atomic mass is 10.2. The number of carbonyl (C=O) groups excluding carboxylic acids is 1. The number of carbonyl (C=O) groups is 1. The van der Waals surface area contributed by atoms with Crippen molar-refractivity contribution in [2.45, 2.75) is 19.2 Å². The van der Waals surface area contributed by atoms with E-state index < -0.39 is 9.84 Å². The number of sulfone groups is 1.